The number of hydrogen-bond donors (Lipinski definition) is 0. The minimum Gasteiger partial charge on any atom is -0.309 e. The molecule has 0 saturated heterocycles. The molecular formula is C39H20F7N3. The van der Waals surface area contributed by atoms with E-state index in [0.717, 1.165) is 18.2 Å². The van der Waals surface area contributed by atoms with E-state index in [1.54, 1.807) is 57.7 Å². The van der Waals surface area contributed by atoms with Crippen LogP contribution in [0.5, 0.6) is 0 Å². The fraction of sp³-hybridized carbons (Fsp3) is 0.0513. The van der Waals surface area contributed by atoms with E-state index in [1.807, 2.05) is 6.07 Å². The third-order valence-corrected chi connectivity index (χ3v) is 8.86. The lowest BCUT2D eigenvalue weighted by atomic mass is 9.93. The van der Waals surface area contributed by atoms with Gasteiger partial charge in [-0.05, 0) is 78.9 Å². The normalized spacial score (nSPS) is 12.4. The molecular weight excluding hydrogens is 643 g/mol. The van der Waals surface area contributed by atoms with Crippen LogP contribution in [0, 0.1) is 17.1 Å². The Balaban J connectivity index is 1.54. The van der Waals surface area contributed by atoms with Gasteiger partial charge in [-0.1, -0.05) is 42.5 Å². The van der Waals surface area contributed by atoms with Gasteiger partial charge in [0.05, 0.1) is 56.2 Å². The number of nitrogens with zero attached hydrogens (tertiary/aromatic N) is 3. The van der Waals surface area contributed by atoms with Crippen molar-refractivity contribution in [3.63, 3.8) is 0 Å². The van der Waals surface area contributed by atoms with Crippen molar-refractivity contribution in [3.8, 4) is 28.6 Å². The molecule has 49 heavy (non-hydrogen) atoms. The van der Waals surface area contributed by atoms with Crippen molar-refractivity contribution in [1.82, 2.24) is 9.13 Å². The first-order valence-electron chi connectivity index (χ1n) is 15.0. The summed E-state index contributed by atoms with van der Waals surface area (Å²) in [7, 11) is 0. The van der Waals surface area contributed by atoms with Gasteiger partial charge in [0.25, 0.3) is 0 Å². The molecule has 8 aromatic rings. The molecule has 0 fully saturated rings. The molecule has 2 aromatic heterocycles. The van der Waals surface area contributed by atoms with Gasteiger partial charge in [-0.3, -0.25) is 0 Å². The predicted octanol–water partition coefficient (Wildman–Crippen LogP) is 11.6. The van der Waals surface area contributed by atoms with Gasteiger partial charge in [-0.2, -0.15) is 31.6 Å². The maximum absolute atomic E-state index is 15.1. The van der Waals surface area contributed by atoms with Crippen LogP contribution in [0.25, 0.3) is 66.1 Å². The molecule has 0 bridgehead atoms. The molecule has 0 aliphatic carbocycles. The fourth-order valence-corrected chi connectivity index (χ4v) is 6.86. The van der Waals surface area contributed by atoms with Crippen LogP contribution in [0.2, 0.25) is 0 Å². The van der Waals surface area contributed by atoms with Gasteiger partial charge in [0.2, 0.25) is 0 Å². The number of aromatic nitrogens is 2. The van der Waals surface area contributed by atoms with Crippen molar-refractivity contribution in [2.75, 3.05) is 0 Å². The first-order valence-corrected chi connectivity index (χ1v) is 15.0. The lowest BCUT2D eigenvalue weighted by Crippen LogP contribution is -2.11. The van der Waals surface area contributed by atoms with Crippen LogP contribution in [0.15, 0.2) is 121 Å². The summed E-state index contributed by atoms with van der Waals surface area (Å²) in [6.07, 6.45) is -9.48. The molecule has 240 valence electrons. The van der Waals surface area contributed by atoms with E-state index in [-0.39, 0.29) is 33.5 Å². The highest BCUT2D eigenvalue weighted by Gasteiger charge is 2.37. The number of para-hydroxylation sites is 2. The summed E-state index contributed by atoms with van der Waals surface area (Å²) in [6, 6.07) is 31.2. The number of alkyl halides is 6. The van der Waals surface area contributed by atoms with Crippen LogP contribution in [0.4, 0.5) is 30.7 Å². The summed E-state index contributed by atoms with van der Waals surface area (Å²) >= 11 is 0. The maximum Gasteiger partial charge on any atom is 0.417 e. The summed E-state index contributed by atoms with van der Waals surface area (Å²) in [5.74, 6) is -0.510. The molecule has 3 nitrogen and oxygen atoms in total. The van der Waals surface area contributed by atoms with Crippen molar-refractivity contribution in [3.05, 3.63) is 144 Å². The van der Waals surface area contributed by atoms with Crippen LogP contribution in [-0.4, -0.2) is 9.13 Å². The Hall–Kier alpha value is -6.08. The van der Waals surface area contributed by atoms with E-state index in [2.05, 4.69) is 0 Å². The number of halogens is 7. The van der Waals surface area contributed by atoms with Gasteiger partial charge in [-0.25, -0.2) is 4.39 Å². The van der Waals surface area contributed by atoms with Crippen LogP contribution in [0.1, 0.15) is 16.7 Å². The van der Waals surface area contributed by atoms with Gasteiger partial charge in [-0.15, -0.1) is 0 Å². The van der Waals surface area contributed by atoms with E-state index >= 15 is 13.2 Å². The minimum atomic E-state index is -4.86. The lowest BCUT2D eigenvalue weighted by Gasteiger charge is -2.22. The number of benzene rings is 6. The summed E-state index contributed by atoms with van der Waals surface area (Å²) in [4.78, 5) is 0. The highest BCUT2D eigenvalue weighted by molar-refractivity contribution is 6.11. The molecule has 0 spiro atoms. The third-order valence-electron chi connectivity index (χ3n) is 8.86. The van der Waals surface area contributed by atoms with Crippen molar-refractivity contribution < 1.29 is 30.7 Å². The summed E-state index contributed by atoms with van der Waals surface area (Å²) in [5.41, 5.74) is 0.0926. The van der Waals surface area contributed by atoms with Crippen molar-refractivity contribution in [1.29, 1.82) is 5.26 Å². The number of hydrogen-bond acceptors (Lipinski definition) is 1. The molecule has 0 amide bonds. The standard InChI is InChI=1S/C39H20F7N3/c40-24-14-17-34-28(20-24)26-7-2-4-10-32(26)49(34)36-11-5-8-30(39(44,45)46)37(36)29-18-22(21-47)12-15-35(29)48-31-9-3-1-6-25(31)27-19-23(38(41,42)43)13-16-33(27)48/h1-20H. The molecule has 6 aromatic carbocycles. The summed E-state index contributed by atoms with van der Waals surface area (Å²) < 4.78 is 105. The Morgan fingerprint density at radius 2 is 1.10 bits per heavy atom. The monoisotopic (exact) mass is 663 g/mol. The quantitative estimate of drug-likeness (QED) is 0.173. The summed E-state index contributed by atoms with van der Waals surface area (Å²) in [5, 5.41) is 11.8. The van der Waals surface area contributed by atoms with Crippen LogP contribution < -0.4 is 0 Å². The largest absolute Gasteiger partial charge is 0.417 e. The molecule has 0 unspecified atom stereocenters. The van der Waals surface area contributed by atoms with E-state index in [1.165, 1.54) is 54.6 Å². The Kier molecular flexibility index (Phi) is 6.62. The van der Waals surface area contributed by atoms with Gasteiger partial charge >= 0.3 is 12.4 Å². The second kappa shape index (κ2) is 10.7. The average Bonchev–Trinajstić information content (AvgIpc) is 3.59. The average molecular weight is 664 g/mol. The Morgan fingerprint density at radius 3 is 1.73 bits per heavy atom. The first kappa shape index (κ1) is 30.3. The van der Waals surface area contributed by atoms with Gasteiger partial charge in [0.1, 0.15) is 5.82 Å². The highest BCUT2D eigenvalue weighted by Crippen LogP contribution is 2.46. The van der Waals surface area contributed by atoms with E-state index in [4.69, 9.17) is 0 Å². The molecule has 10 heteroatoms. The second-order valence-electron chi connectivity index (χ2n) is 11.6. The van der Waals surface area contributed by atoms with Gasteiger partial charge < -0.3 is 9.13 Å². The van der Waals surface area contributed by atoms with Crippen LogP contribution in [0.3, 0.4) is 0 Å². The highest BCUT2D eigenvalue weighted by atomic mass is 19.4. The number of nitriles is 1. The number of rotatable bonds is 3. The van der Waals surface area contributed by atoms with Crippen LogP contribution >= 0.6 is 0 Å². The van der Waals surface area contributed by atoms with Crippen molar-refractivity contribution in [2.24, 2.45) is 0 Å². The fourth-order valence-electron chi connectivity index (χ4n) is 6.86. The molecule has 0 aliphatic rings. The molecule has 8 rings (SSSR count). The zero-order valence-corrected chi connectivity index (χ0v) is 25.0. The number of fused-ring (bicyclic) bond motifs is 6. The summed E-state index contributed by atoms with van der Waals surface area (Å²) in [6.45, 7) is 0. The molecule has 0 N–H and O–H groups in total. The molecule has 0 saturated carbocycles. The van der Waals surface area contributed by atoms with E-state index < -0.39 is 29.3 Å². The maximum atomic E-state index is 15.1. The first-order chi connectivity index (χ1) is 23.5. The van der Waals surface area contributed by atoms with Crippen molar-refractivity contribution >= 4 is 43.6 Å². The smallest absolute Gasteiger partial charge is 0.309 e. The lowest BCUT2D eigenvalue weighted by molar-refractivity contribution is -0.138. The Bertz CT molecular complexity index is 2670. The zero-order chi connectivity index (χ0) is 34.2. The molecule has 0 atom stereocenters. The Labute approximate surface area is 273 Å². The van der Waals surface area contributed by atoms with Gasteiger partial charge in [0, 0.05) is 32.7 Å². The topological polar surface area (TPSA) is 33.6 Å². The molecule has 0 aliphatic heterocycles. The minimum absolute atomic E-state index is 0.0255. The predicted molar refractivity (Wildman–Crippen MR) is 175 cm³/mol. The van der Waals surface area contributed by atoms with E-state index in [9.17, 15) is 22.8 Å². The SMILES string of the molecule is N#Cc1ccc(-n2c3ccccc3c3cc(C(F)(F)F)ccc32)c(-c2c(-n3c4ccccc4c4cc(F)ccc43)cccc2C(F)(F)F)c1. The van der Waals surface area contributed by atoms with Crippen molar-refractivity contribution in [2.45, 2.75) is 12.4 Å². The molecule has 2 heterocycles. The zero-order valence-electron chi connectivity index (χ0n) is 25.0. The third kappa shape index (κ3) is 4.72. The van der Waals surface area contributed by atoms with Crippen LogP contribution in [-0.2, 0) is 12.4 Å². The van der Waals surface area contributed by atoms with E-state index in [0.29, 0.717) is 38.2 Å². The second-order valence-corrected chi connectivity index (χ2v) is 11.6. The van der Waals surface area contributed by atoms with Gasteiger partial charge in [0.15, 0.2) is 0 Å². The Morgan fingerprint density at radius 1 is 0.510 bits per heavy atom. The molecule has 0 radical (unpaired) electrons.